The number of pyridine rings is 1. The van der Waals surface area contributed by atoms with Gasteiger partial charge >= 0.3 is 0 Å². The summed E-state index contributed by atoms with van der Waals surface area (Å²) in [6, 6.07) is 5.80. The van der Waals surface area contributed by atoms with Crippen molar-refractivity contribution in [2.75, 3.05) is 5.32 Å². The van der Waals surface area contributed by atoms with Gasteiger partial charge in [0, 0.05) is 11.2 Å². The molecule has 152 valence electrons. The molecule has 2 heterocycles. The number of anilines is 1. The van der Waals surface area contributed by atoms with E-state index in [1.807, 2.05) is 0 Å². The van der Waals surface area contributed by atoms with Crippen LogP contribution in [0.4, 0.5) is 5.69 Å². The number of carbonyl (C=O) groups excluding carboxylic acids is 1. The standard InChI is InChI=1S/C19H21N5O4S/c1-11-5-6-12(29(27,28)24-19(2,3)4)7-14(11)23-18(26)15-8-13-16(9-20-15)21-10-22-17(13)25/h5-10,24H,1-4H3,(H,23,26)(H,21,22,25). The number of aryl methyl sites for hydroxylation is 1. The molecule has 1 aromatic carbocycles. The third-order valence-corrected chi connectivity index (χ3v) is 5.72. The number of carbonyl (C=O) groups is 1. The Labute approximate surface area is 167 Å². The fourth-order valence-electron chi connectivity index (χ4n) is 2.65. The van der Waals surface area contributed by atoms with Crippen LogP contribution in [0.1, 0.15) is 36.8 Å². The summed E-state index contributed by atoms with van der Waals surface area (Å²) >= 11 is 0. The van der Waals surface area contributed by atoms with Crippen molar-refractivity contribution in [2.24, 2.45) is 0 Å². The first-order chi connectivity index (χ1) is 13.5. The van der Waals surface area contributed by atoms with Crippen molar-refractivity contribution >= 4 is 32.5 Å². The van der Waals surface area contributed by atoms with Gasteiger partial charge in [-0.2, -0.15) is 0 Å². The Morgan fingerprint density at radius 2 is 1.86 bits per heavy atom. The first-order valence-corrected chi connectivity index (χ1v) is 10.2. The molecule has 29 heavy (non-hydrogen) atoms. The molecule has 10 heteroatoms. The topological polar surface area (TPSA) is 134 Å². The maximum atomic E-state index is 12.6. The predicted octanol–water partition coefficient (Wildman–Crippen LogP) is 1.96. The summed E-state index contributed by atoms with van der Waals surface area (Å²) in [5.41, 5.74) is 0.342. The summed E-state index contributed by atoms with van der Waals surface area (Å²) in [6.45, 7) is 6.96. The van der Waals surface area contributed by atoms with Crippen molar-refractivity contribution in [1.29, 1.82) is 0 Å². The lowest BCUT2D eigenvalue weighted by molar-refractivity contribution is 0.102. The highest BCUT2D eigenvalue weighted by Crippen LogP contribution is 2.22. The van der Waals surface area contributed by atoms with Gasteiger partial charge in [-0.15, -0.1) is 0 Å². The van der Waals surface area contributed by atoms with Gasteiger partial charge in [0.05, 0.1) is 28.3 Å². The number of amides is 1. The monoisotopic (exact) mass is 415 g/mol. The molecular formula is C19H21N5O4S. The van der Waals surface area contributed by atoms with Gasteiger partial charge in [-0.3, -0.25) is 9.59 Å². The Bertz CT molecular complexity index is 1260. The smallest absolute Gasteiger partial charge is 0.274 e. The Morgan fingerprint density at radius 1 is 1.14 bits per heavy atom. The van der Waals surface area contributed by atoms with Gasteiger partial charge < -0.3 is 10.3 Å². The van der Waals surface area contributed by atoms with Crippen LogP contribution in [-0.4, -0.2) is 34.8 Å². The minimum absolute atomic E-state index is 0.0106. The minimum atomic E-state index is -3.76. The van der Waals surface area contributed by atoms with E-state index in [0.29, 0.717) is 16.8 Å². The molecule has 0 unspecified atom stereocenters. The lowest BCUT2D eigenvalue weighted by Crippen LogP contribution is -2.40. The summed E-state index contributed by atoms with van der Waals surface area (Å²) in [5.74, 6) is -0.573. The van der Waals surface area contributed by atoms with Crippen molar-refractivity contribution in [2.45, 2.75) is 38.1 Å². The highest BCUT2D eigenvalue weighted by molar-refractivity contribution is 7.89. The van der Waals surface area contributed by atoms with Crippen molar-refractivity contribution in [3.05, 3.63) is 58.4 Å². The average molecular weight is 415 g/mol. The fraction of sp³-hybridized carbons (Fsp3) is 0.263. The Hall–Kier alpha value is -3.11. The van der Waals surface area contributed by atoms with Crippen LogP contribution in [0.2, 0.25) is 0 Å². The number of aromatic amines is 1. The molecule has 3 aromatic rings. The number of rotatable bonds is 4. The van der Waals surface area contributed by atoms with Gasteiger partial charge in [0.1, 0.15) is 5.69 Å². The molecule has 1 amide bonds. The molecule has 0 spiro atoms. The summed E-state index contributed by atoms with van der Waals surface area (Å²) in [4.78, 5) is 35.0. The fourth-order valence-corrected chi connectivity index (χ4v) is 4.09. The van der Waals surface area contributed by atoms with E-state index in [2.05, 4.69) is 25.0 Å². The number of benzene rings is 1. The molecule has 0 radical (unpaired) electrons. The minimum Gasteiger partial charge on any atom is -0.320 e. The zero-order valence-corrected chi connectivity index (χ0v) is 17.2. The van der Waals surface area contributed by atoms with Crippen molar-refractivity contribution in [1.82, 2.24) is 19.7 Å². The molecule has 0 saturated heterocycles. The van der Waals surface area contributed by atoms with Crippen LogP contribution in [0.25, 0.3) is 10.9 Å². The maximum absolute atomic E-state index is 12.6. The Balaban J connectivity index is 1.93. The average Bonchev–Trinajstić information content (AvgIpc) is 2.61. The van der Waals surface area contributed by atoms with Crippen LogP contribution in [0.3, 0.4) is 0 Å². The van der Waals surface area contributed by atoms with Crippen molar-refractivity contribution < 1.29 is 13.2 Å². The van der Waals surface area contributed by atoms with E-state index < -0.39 is 21.5 Å². The zero-order valence-electron chi connectivity index (χ0n) is 16.4. The first-order valence-electron chi connectivity index (χ1n) is 8.76. The van der Waals surface area contributed by atoms with Crippen LogP contribution in [-0.2, 0) is 10.0 Å². The number of nitrogens with zero attached hydrogens (tertiary/aromatic N) is 2. The number of hydrogen-bond donors (Lipinski definition) is 3. The number of sulfonamides is 1. The van der Waals surface area contributed by atoms with E-state index in [9.17, 15) is 18.0 Å². The highest BCUT2D eigenvalue weighted by Gasteiger charge is 2.23. The van der Waals surface area contributed by atoms with Crippen LogP contribution < -0.4 is 15.6 Å². The molecule has 0 aliphatic carbocycles. The van der Waals surface area contributed by atoms with Gasteiger partial charge in [0.15, 0.2) is 0 Å². The second kappa shape index (κ2) is 7.37. The van der Waals surface area contributed by atoms with E-state index >= 15 is 0 Å². The van der Waals surface area contributed by atoms with E-state index in [0.717, 1.165) is 0 Å². The van der Waals surface area contributed by atoms with Crippen LogP contribution >= 0.6 is 0 Å². The third-order valence-electron chi connectivity index (χ3n) is 3.97. The normalized spacial score (nSPS) is 12.1. The summed E-state index contributed by atoms with van der Waals surface area (Å²) in [6.07, 6.45) is 2.59. The first kappa shape index (κ1) is 20.6. The molecule has 3 rings (SSSR count). The highest BCUT2D eigenvalue weighted by atomic mass is 32.2. The lowest BCUT2D eigenvalue weighted by Gasteiger charge is -2.21. The number of fused-ring (bicyclic) bond motifs is 1. The van der Waals surface area contributed by atoms with E-state index in [1.54, 1.807) is 33.8 Å². The number of nitrogens with one attached hydrogen (secondary N) is 3. The quantitative estimate of drug-likeness (QED) is 0.596. The summed E-state index contributed by atoms with van der Waals surface area (Å²) in [5, 5.41) is 2.89. The summed E-state index contributed by atoms with van der Waals surface area (Å²) < 4.78 is 27.7. The number of aromatic nitrogens is 3. The predicted molar refractivity (Wildman–Crippen MR) is 109 cm³/mol. The SMILES string of the molecule is Cc1ccc(S(=O)(=O)NC(C)(C)C)cc1NC(=O)c1cc2c(=O)[nH]cnc2cn1. The number of hydrogen-bond acceptors (Lipinski definition) is 6. The second-order valence-corrected chi connectivity index (χ2v) is 9.29. The molecule has 0 fully saturated rings. The molecule has 0 bridgehead atoms. The van der Waals surface area contributed by atoms with Gasteiger partial charge in [-0.05, 0) is 51.5 Å². The molecule has 3 N–H and O–H groups in total. The molecule has 0 aliphatic rings. The van der Waals surface area contributed by atoms with E-state index in [4.69, 9.17) is 0 Å². The van der Waals surface area contributed by atoms with Crippen LogP contribution in [0.15, 0.2) is 46.5 Å². The van der Waals surface area contributed by atoms with E-state index in [-0.39, 0.29) is 21.5 Å². The van der Waals surface area contributed by atoms with Gasteiger partial charge in [0.25, 0.3) is 11.5 Å². The molecule has 0 aliphatic heterocycles. The van der Waals surface area contributed by atoms with Gasteiger partial charge in [-0.1, -0.05) is 6.07 Å². The third kappa shape index (κ3) is 4.66. The lowest BCUT2D eigenvalue weighted by atomic mass is 10.1. The molecule has 0 atom stereocenters. The van der Waals surface area contributed by atoms with E-state index in [1.165, 1.54) is 30.7 Å². The Morgan fingerprint density at radius 3 is 2.55 bits per heavy atom. The molecule has 2 aromatic heterocycles. The summed E-state index contributed by atoms with van der Waals surface area (Å²) in [7, 11) is -3.76. The van der Waals surface area contributed by atoms with Crippen LogP contribution in [0, 0.1) is 6.92 Å². The van der Waals surface area contributed by atoms with Gasteiger partial charge in [0.2, 0.25) is 10.0 Å². The maximum Gasteiger partial charge on any atom is 0.274 e. The molecule has 0 saturated carbocycles. The molecular weight excluding hydrogens is 394 g/mol. The van der Waals surface area contributed by atoms with Crippen molar-refractivity contribution in [3.63, 3.8) is 0 Å². The second-order valence-electron chi connectivity index (χ2n) is 7.60. The molecule has 9 nitrogen and oxygen atoms in total. The Kier molecular flexibility index (Phi) is 5.24. The largest absolute Gasteiger partial charge is 0.320 e. The van der Waals surface area contributed by atoms with Crippen LogP contribution in [0.5, 0.6) is 0 Å². The zero-order chi connectivity index (χ0) is 21.4. The van der Waals surface area contributed by atoms with Crippen molar-refractivity contribution in [3.8, 4) is 0 Å². The van der Waals surface area contributed by atoms with Gasteiger partial charge in [-0.25, -0.2) is 23.1 Å². The number of H-pyrrole nitrogens is 1.